The highest BCUT2D eigenvalue weighted by molar-refractivity contribution is 5.53. The average molecular weight is 215 g/mol. The van der Waals surface area contributed by atoms with Crippen molar-refractivity contribution in [3.8, 4) is 0 Å². The number of nitrogens with zero attached hydrogens (tertiary/aromatic N) is 1. The fraction of sp³-hybridized carbons (Fsp3) is 0.167. The summed E-state index contributed by atoms with van der Waals surface area (Å²) in [6.07, 6.45) is 2.49. The van der Waals surface area contributed by atoms with Gasteiger partial charge in [-0.2, -0.15) is 0 Å². The summed E-state index contributed by atoms with van der Waals surface area (Å²) in [7, 11) is 0. The van der Waals surface area contributed by atoms with Gasteiger partial charge in [-0.25, -0.2) is 4.98 Å². The zero-order chi connectivity index (χ0) is 11.4. The number of nitrogens with one attached hydrogen (secondary N) is 2. The lowest BCUT2D eigenvalue weighted by atomic mass is 10.1. The predicted molar refractivity (Wildman–Crippen MR) is 64.0 cm³/mol. The maximum absolute atomic E-state index is 11.0. The Morgan fingerprint density at radius 2 is 2.00 bits per heavy atom. The molecule has 16 heavy (non-hydrogen) atoms. The average Bonchev–Trinajstić information content (AvgIpc) is 2.30. The normalized spacial score (nSPS) is 10.1. The third kappa shape index (κ3) is 2.48. The minimum atomic E-state index is -0.164. The van der Waals surface area contributed by atoms with Gasteiger partial charge in [-0.3, -0.25) is 9.78 Å². The fourth-order valence-corrected chi connectivity index (χ4v) is 1.39. The van der Waals surface area contributed by atoms with Gasteiger partial charge in [-0.15, -0.1) is 0 Å². The quantitative estimate of drug-likeness (QED) is 0.824. The lowest BCUT2D eigenvalue weighted by Gasteiger charge is -2.05. The second-order valence-electron chi connectivity index (χ2n) is 3.46. The van der Waals surface area contributed by atoms with Crippen LogP contribution in [0.2, 0.25) is 0 Å². The number of H-pyrrole nitrogens is 1. The van der Waals surface area contributed by atoms with Crippen molar-refractivity contribution in [3.05, 3.63) is 52.4 Å². The van der Waals surface area contributed by atoms with Crippen LogP contribution in [0.5, 0.6) is 0 Å². The smallest absolute Gasteiger partial charge is 0.252 e. The van der Waals surface area contributed by atoms with Crippen LogP contribution in [-0.4, -0.2) is 9.97 Å². The van der Waals surface area contributed by atoms with Crippen LogP contribution in [-0.2, 0) is 6.42 Å². The first-order chi connectivity index (χ1) is 7.78. The number of aromatic nitrogens is 2. The van der Waals surface area contributed by atoms with Crippen molar-refractivity contribution in [2.45, 2.75) is 13.3 Å². The van der Waals surface area contributed by atoms with Crippen molar-refractivity contribution < 1.29 is 0 Å². The summed E-state index contributed by atoms with van der Waals surface area (Å²) >= 11 is 0. The number of aromatic amines is 1. The number of benzene rings is 1. The summed E-state index contributed by atoms with van der Waals surface area (Å²) in [6, 6.07) is 9.40. The molecule has 0 aliphatic carbocycles. The van der Waals surface area contributed by atoms with E-state index in [-0.39, 0.29) is 5.56 Å². The lowest BCUT2D eigenvalue weighted by Crippen LogP contribution is -2.08. The van der Waals surface area contributed by atoms with E-state index in [9.17, 15) is 4.79 Å². The van der Waals surface area contributed by atoms with Crippen LogP contribution in [0.4, 0.5) is 11.6 Å². The Bertz CT molecular complexity index is 516. The van der Waals surface area contributed by atoms with E-state index in [1.165, 1.54) is 17.8 Å². The number of hydrogen-bond acceptors (Lipinski definition) is 3. The molecular formula is C12H13N3O. The molecular weight excluding hydrogens is 202 g/mol. The molecule has 2 aromatic rings. The molecule has 0 amide bonds. The third-order valence-corrected chi connectivity index (χ3v) is 2.30. The molecule has 2 rings (SSSR count). The van der Waals surface area contributed by atoms with Crippen molar-refractivity contribution >= 4 is 11.6 Å². The Labute approximate surface area is 93.4 Å². The summed E-state index contributed by atoms with van der Waals surface area (Å²) in [5.41, 5.74) is 2.02. The molecule has 0 bridgehead atoms. The molecule has 0 saturated carbocycles. The van der Waals surface area contributed by atoms with Crippen LogP contribution < -0.4 is 10.9 Å². The second-order valence-corrected chi connectivity index (χ2v) is 3.46. The zero-order valence-electron chi connectivity index (χ0n) is 9.03. The molecule has 4 heteroatoms. The molecule has 0 spiro atoms. The van der Waals surface area contributed by atoms with Gasteiger partial charge < -0.3 is 5.32 Å². The first-order valence-corrected chi connectivity index (χ1v) is 5.19. The molecule has 0 saturated heterocycles. The molecule has 1 aromatic heterocycles. The van der Waals surface area contributed by atoms with Crippen molar-refractivity contribution in [2.75, 3.05) is 5.32 Å². The Kier molecular flexibility index (Phi) is 3.00. The highest BCUT2D eigenvalue weighted by atomic mass is 16.1. The van der Waals surface area contributed by atoms with Gasteiger partial charge in [0.2, 0.25) is 5.95 Å². The molecule has 0 atom stereocenters. The van der Waals surface area contributed by atoms with Crippen molar-refractivity contribution in [1.82, 2.24) is 9.97 Å². The molecule has 0 unspecified atom stereocenters. The summed E-state index contributed by atoms with van der Waals surface area (Å²) in [4.78, 5) is 17.7. The Morgan fingerprint density at radius 1 is 1.25 bits per heavy atom. The first-order valence-electron chi connectivity index (χ1n) is 5.19. The van der Waals surface area contributed by atoms with Crippen LogP contribution in [0.25, 0.3) is 0 Å². The largest absolute Gasteiger partial charge is 0.326 e. The maximum atomic E-state index is 11.0. The minimum absolute atomic E-state index is 0.164. The van der Waals surface area contributed by atoms with Gasteiger partial charge in [0.05, 0.1) is 0 Å². The van der Waals surface area contributed by atoms with Gasteiger partial charge in [0, 0.05) is 18.0 Å². The summed E-state index contributed by atoms with van der Waals surface area (Å²) in [6.45, 7) is 2.11. The van der Waals surface area contributed by atoms with Gasteiger partial charge in [0.15, 0.2) is 0 Å². The molecule has 0 aliphatic heterocycles. The minimum Gasteiger partial charge on any atom is -0.326 e. The standard InChI is InChI=1S/C12H13N3O/c1-2-9-3-5-10(6-4-9)14-12-13-8-7-11(16)15-12/h3-8H,2H2,1H3,(H2,13,14,15,16). The van der Waals surface area contributed by atoms with E-state index in [4.69, 9.17) is 0 Å². The molecule has 0 radical (unpaired) electrons. The van der Waals surface area contributed by atoms with Crippen LogP contribution in [0, 0.1) is 0 Å². The van der Waals surface area contributed by atoms with E-state index < -0.39 is 0 Å². The third-order valence-electron chi connectivity index (χ3n) is 2.30. The Morgan fingerprint density at radius 3 is 2.62 bits per heavy atom. The van der Waals surface area contributed by atoms with Crippen LogP contribution in [0.15, 0.2) is 41.3 Å². The van der Waals surface area contributed by atoms with E-state index >= 15 is 0 Å². The molecule has 1 heterocycles. The first kappa shape index (κ1) is 10.4. The Balaban J connectivity index is 2.17. The van der Waals surface area contributed by atoms with Gasteiger partial charge in [0.25, 0.3) is 5.56 Å². The van der Waals surface area contributed by atoms with Crippen LogP contribution in [0.1, 0.15) is 12.5 Å². The molecule has 4 nitrogen and oxygen atoms in total. The van der Waals surface area contributed by atoms with Crippen molar-refractivity contribution in [1.29, 1.82) is 0 Å². The molecule has 0 fully saturated rings. The molecule has 82 valence electrons. The second kappa shape index (κ2) is 4.61. The number of anilines is 2. The lowest BCUT2D eigenvalue weighted by molar-refractivity contribution is 1.12. The number of aryl methyl sites for hydroxylation is 1. The monoisotopic (exact) mass is 215 g/mol. The van der Waals surface area contributed by atoms with Gasteiger partial charge >= 0.3 is 0 Å². The summed E-state index contributed by atoms with van der Waals surface area (Å²) in [5.74, 6) is 0.455. The molecule has 1 aromatic carbocycles. The Hall–Kier alpha value is -2.10. The maximum Gasteiger partial charge on any atom is 0.252 e. The topological polar surface area (TPSA) is 57.8 Å². The summed E-state index contributed by atoms with van der Waals surface area (Å²) < 4.78 is 0. The summed E-state index contributed by atoms with van der Waals surface area (Å²) in [5, 5.41) is 3.03. The SMILES string of the molecule is CCc1ccc(Nc2nccc(=O)[nH]2)cc1. The van der Waals surface area contributed by atoms with Crippen LogP contribution >= 0.6 is 0 Å². The van der Waals surface area contributed by atoms with E-state index in [0.717, 1.165) is 12.1 Å². The van der Waals surface area contributed by atoms with E-state index in [1.807, 2.05) is 24.3 Å². The zero-order valence-corrected chi connectivity index (χ0v) is 9.03. The van der Waals surface area contributed by atoms with Crippen molar-refractivity contribution in [3.63, 3.8) is 0 Å². The van der Waals surface area contributed by atoms with Crippen LogP contribution in [0.3, 0.4) is 0 Å². The predicted octanol–water partition coefficient (Wildman–Crippen LogP) is 2.08. The van der Waals surface area contributed by atoms with Gasteiger partial charge in [-0.05, 0) is 24.1 Å². The highest BCUT2D eigenvalue weighted by Crippen LogP contribution is 2.12. The van der Waals surface area contributed by atoms with E-state index in [2.05, 4.69) is 22.2 Å². The fourth-order valence-electron chi connectivity index (χ4n) is 1.39. The number of hydrogen-bond donors (Lipinski definition) is 2. The number of rotatable bonds is 3. The van der Waals surface area contributed by atoms with E-state index in [1.54, 1.807) is 0 Å². The van der Waals surface area contributed by atoms with Gasteiger partial charge in [0.1, 0.15) is 0 Å². The molecule has 0 aliphatic rings. The molecule has 2 N–H and O–H groups in total. The van der Waals surface area contributed by atoms with E-state index in [0.29, 0.717) is 5.95 Å². The highest BCUT2D eigenvalue weighted by Gasteiger charge is 1.96. The van der Waals surface area contributed by atoms with Gasteiger partial charge in [-0.1, -0.05) is 19.1 Å². The van der Waals surface area contributed by atoms with Crippen molar-refractivity contribution in [2.24, 2.45) is 0 Å².